The van der Waals surface area contributed by atoms with Crippen molar-refractivity contribution in [3.05, 3.63) is 23.3 Å². The lowest BCUT2D eigenvalue weighted by atomic mass is 9.89. The first-order valence-corrected chi connectivity index (χ1v) is 9.22. The van der Waals surface area contributed by atoms with Crippen molar-refractivity contribution in [1.82, 2.24) is 4.72 Å². The second kappa shape index (κ2) is 5.29. The number of nitrogen functional groups attached to an aromatic ring is 1. The zero-order valence-corrected chi connectivity index (χ0v) is 13.5. The predicted octanol–water partition coefficient (Wildman–Crippen LogP) is 2.60. The van der Waals surface area contributed by atoms with Gasteiger partial charge in [0.15, 0.2) is 0 Å². The van der Waals surface area contributed by atoms with Crippen molar-refractivity contribution < 1.29 is 8.42 Å². The Labute approximate surface area is 127 Å². The highest BCUT2D eigenvalue weighted by Crippen LogP contribution is 2.48. The summed E-state index contributed by atoms with van der Waals surface area (Å²) in [6.07, 6.45) is 5.06. The van der Waals surface area contributed by atoms with E-state index in [9.17, 15) is 8.42 Å². The Morgan fingerprint density at radius 3 is 2.62 bits per heavy atom. The van der Waals surface area contributed by atoms with E-state index in [0.717, 1.165) is 17.0 Å². The molecule has 0 spiro atoms. The number of hydrogen-bond donors (Lipinski definition) is 2. The van der Waals surface area contributed by atoms with Gasteiger partial charge in [0.1, 0.15) is 4.90 Å². The summed E-state index contributed by atoms with van der Waals surface area (Å²) in [5, 5.41) is 0. The maximum atomic E-state index is 12.6. The van der Waals surface area contributed by atoms with Crippen molar-refractivity contribution in [3.8, 4) is 0 Å². The summed E-state index contributed by atoms with van der Waals surface area (Å²) in [7, 11) is -3.52. The molecular formula is C16H24N2O2S. The maximum Gasteiger partial charge on any atom is 0.242 e. The summed E-state index contributed by atoms with van der Waals surface area (Å²) in [4.78, 5) is 0.255. The van der Waals surface area contributed by atoms with Gasteiger partial charge in [0.25, 0.3) is 0 Å². The van der Waals surface area contributed by atoms with E-state index in [-0.39, 0.29) is 4.90 Å². The van der Waals surface area contributed by atoms with Gasteiger partial charge in [-0.2, -0.15) is 0 Å². The molecule has 4 nitrogen and oxygen atoms in total. The molecular weight excluding hydrogens is 284 g/mol. The van der Waals surface area contributed by atoms with Crippen LogP contribution in [0.25, 0.3) is 0 Å². The minimum absolute atomic E-state index is 0.255. The van der Waals surface area contributed by atoms with E-state index in [1.165, 1.54) is 25.7 Å². The number of rotatable bonds is 4. The standard InChI is InChI=1S/C16H24N2O2S/c1-10-3-6-15(17)16(11(10)2)21(19,20)18-9-14-8-12-4-5-13(14)7-12/h3,6,12-14,18H,4-5,7-9,17H2,1-2H3. The fraction of sp³-hybridized carbons (Fsp3) is 0.625. The van der Waals surface area contributed by atoms with Gasteiger partial charge in [-0.05, 0) is 68.1 Å². The molecule has 0 heterocycles. The van der Waals surface area contributed by atoms with Gasteiger partial charge in [0, 0.05) is 6.54 Å². The van der Waals surface area contributed by atoms with Gasteiger partial charge >= 0.3 is 0 Å². The van der Waals surface area contributed by atoms with E-state index in [1.807, 2.05) is 19.9 Å². The van der Waals surface area contributed by atoms with Crippen LogP contribution in [-0.4, -0.2) is 15.0 Å². The summed E-state index contributed by atoms with van der Waals surface area (Å²) >= 11 is 0. The molecule has 2 aliphatic carbocycles. The Morgan fingerprint density at radius 1 is 1.24 bits per heavy atom. The zero-order chi connectivity index (χ0) is 15.2. The molecule has 3 rings (SSSR count). The number of nitrogens with one attached hydrogen (secondary N) is 1. The molecule has 1 aromatic carbocycles. The van der Waals surface area contributed by atoms with Crippen molar-refractivity contribution >= 4 is 15.7 Å². The first-order chi connectivity index (χ1) is 9.88. The van der Waals surface area contributed by atoms with Crippen LogP contribution in [-0.2, 0) is 10.0 Å². The van der Waals surface area contributed by atoms with Crippen LogP contribution in [0.4, 0.5) is 5.69 Å². The van der Waals surface area contributed by atoms with E-state index in [1.54, 1.807) is 6.07 Å². The van der Waals surface area contributed by atoms with Gasteiger partial charge in [-0.15, -0.1) is 0 Å². The number of hydrogen-bond acceptors (Lipinski definition) is 3. The first kappa shape index (κ1) is 14.9. The Morgan fingerprint density at radius 2 is 2.00 bits per heavy atom. The van der Waals surface area contributed by atoms with Gasteiger partial charge < -0.3 is 5.73 Å². The SMILES string of the molecule is Cc1ccc(N)c(S(=O)(=O)NCC2CC3CCC2C3)c1C. The van der Waals surface area contributed by atoms with Crippen LogP contribution in [0.2, 0.25) is 0 Å². The molecule has 0 saturated heterocycles. The minimum atomic E-state index is -3.52. The van der Waals surface area contributed by atoms with Gasteiger partial charge in [-0.25, -0.2) is 13.1 Å². The van der Waals surface area contributed by atoms with Crippen LogP contribution in [0.3, 0.4) is 0 Å². The fourth-order valence-electron chi connectivity index (χ4n) is 4.08. The second-order valence-corrected chi connectivity index (χ2v) is 8.42. The summed E-state index contributed by atoms with van der Waals surface area (Å²) in [5.41, 5.74) is 7.93. The smallest absolute Gasteiger partial charge is 0.242 e. The molecule has 3 atom stereocenters. The van der Waals surface area contributed by atoms with E-state index in [0.29, 0.717) is 24.1 Å². The highest BCUT2D eigenvalue weighted by atomic mass is 32.2. The number of benzene rings is 1. The van der Waals surface area contributed by atoms with Crippen LogP contribution >= 0.6 is 0 Å². The zero-order valence-electron chi connectivity index (χ0n) is 12.7. The van der Waals surface area contributed by atoms with Gasteiger partial charge in [0.2, 0.25) is 10.0 Å². The molecule has 116 valence electrons. The lowest BCUT2D eigenvalue weighted by molar-refractivity contribution is 0.333. The second-order valence-electron chi connectivity index (χ2n) is 6.71. The molecule has 2 bridgehead atoms. The molecule has 0 aromatic heterocycles. The van der Waals surface area contributed by atoms with Crippen molar-refractivity contribution in [1.29, 1.82) is 0 Å². The Kier molecular flexibility index (Phi) is 3.74. The van der Waals surface area contributed by atoms with Crippen LogP contribution in [0.5, 0.6) is 0 Å². The van der Waals surface area contributed by atoms with Gasteiger partial charge in [-0.3, -0.25) is 0 Å². The Balaban J connectivity index is 1.77. The predicted molar refractivity (Wildman–Crippen MR) is 84.5 cm³/mol. The normalized spacial score (nSPS) is 28.2. The third-order valence-electron chi connectivity index (χ3n) is 5.40. The van der Waals surface area contributed by atoms with E-state index >= 15 is 0 Å². The van der Waals surface area contributed by atoms with E-state index in [4.69, 9.17) is 5.73 Å². The van der Waals surface area contributed by atoms with Crippen molar-refractivity contribution in [2.24, 2.45) is 17.8 Å². The average Bonchev–Trinajstić information content (AvgIpc) is 3.03. The summed E-state index contributed by atoms with van der Waals surface area (Å²) < 4.78 is 28.0. The molecule has 0 amide bonds. The molecule has 5 heteroatoms. The number of anilines is 1. The molecule has 2 fully saturated rings. The number of nitrogens with two attached hydrogens (primary N) is 1. The molecule has 1 aromatic rings. The topological polar surface area (TPSA) is 72.2 Å². The summed E-state index contributed by atoms with van der Waals surface area (Å²) in [6, 6.07) is 3.54. The first-order valence-electron chi connectivity index (χ1n) is 7.74. The van der Waals surface area contributed by atoms with Gasteiger partial charge in [0.05, 0.1) is 5.69 Å². The van der Waals surface area contributed by atoms with Gasteiger partial charge in [-0.1, -0.05) is 12.5 Å². The van der Waals surface area contributed by atoms with Crippen LogP contribution < -0.4 is 10.5 Å². The molecule has 3 unspecified atom stereocenters. The monoisotopic (exact) mass is 308 g/mol. The quantitative estimate of drug-likeness (QED) is 0.840. The highest BCUT2D eigenvalue weighted by Gasteiger charge is 2.39. The van der Waals surface area contributed by atoms with Crippen LogP contribution in [0.15, 0.2) is 17.0 Å². The Bertz CT molecular complexity index is 654. The molecule has 0 aliphatic heterocycles. The Hall–Kier alpha value is -1.07. The maximum absolute atomic E-state index is 12.6. The highest BCUT2D eigenvalue weighted by molar-refractivity contribution is 7.89. The fourth-order valence-corrected chi connectivity index (χ4v) is 5.60. The molecule has 2 saturated carbocycles. The van der Waals surface area contributed by atoms with Crippen LogP contribution in [0, 0.1) is 31.6 Å². The molecule has 21 heavy (non-hydrogen) atoms. The van der Waals surface area contributed by atoms with E-state index < -0.39 is 10.0 Å². The third kappa shape index (κ3) is 2.69. The molecule has 3 N–H and O–H groups in total. The van der Waals surface area contributed by atoms with Crippen molar-refractivity contribution in [2.75, 3.05) is 12.3 Å². The summed E-state index contributed by atoms with van der Waals surface area (Å²) in [5.74, 6) is 2.05. The molecule has 0 radical (unpaired) electrons. The average molecular weight is 308 g/mol. The number of aryl methyl sites for hydroxylation is 1. The molecule has 2 aliphatic rings. The largest absolute Gasteiger partial charge is 0.398 e. The minimum Gasteiger partial charge on any atom is -0.398 e. The lowest BCUT2D eigenvalue weighted by Crippen LogP contribution is -2.32. The van der Waals surface area contributed by atoms with Crippen molar-refractivity contribution in [3.63, 3.8) is 0 Å². The summed E-state index contributed by atoms with van der Waals surface area (Å²) in [6.45, 7) is 4.28. The van der Waals surface area contributed by atoms with E-state index in [2.05, 4.69) is 4.72 Å². The lowest BCUT2D eigenvalue weighted by Gasteiger charge is -2.22. The third-order valence-corrected chi connectivity index (χ3v) is 7.02. The van der Waals surface area contributed by atoms with Crippen LogP contribution in [0.1, 0.15) is 36.8 Å². The number of fused-ring (bicyclic) bond motifs is 2. The van der Waals surface area contributed by atoms with Crippen molar-refractivity contribution in [2.45, 2.75) is 44.4 Å². The number of sulfonamides is 1.